The molecule has 0 aliphatic carbocycles. The summed E-state index contributed by atoms with van der Waals surface area (Å²) in [7, 11) is 0. The van der Waals surface area contributed by atoms with Gasteiger partial charge in [-0.15, -0.1) is 11.3 Å². The fraction of sp³-hybridized carbons (Fsp3) is 0.455. The summed E-state index contributed by atoms with van der Waals surface area (Å²) in [5.41, 5.74) is 5.63. The second kappa shape index (κ2) is 8.16. The van der Waals surface area contributed by atoms with Crippen molar-refractivity contribution in [1.82, 2.24) is 14.9 Å². The van der Waals surface area contributed by atoms with E-state index >= 15 is 0 Å². The molecule has 1 aromatic carbocycles. The highest BCUT2D eigenvalue weighted by Gasteiger charge is 2.23. The first-order chi connectivity index (χ1) is 13.9. The zero-order valence-corrected chi connectivity index (χ0v) is 18.0. The molecule has 154 valence electrons. The van der Waals surface area contributed by atoms with Gasteiger partial charge in [-0.05, 0) is 64.4 Å². The molecule has 1 fully saturated rings. The Labute approximate surface area is 175 Å². The number of amides is 1. The van der Waals surface area contributed by atoms with Gasteiger partial charge >= 0.3 is 6.09 Å². The number of benzene rings is 1. The molecule has 1 saturated heterocycles. The van der Waals surface area contributed by atoms with Crippen LogP contribution in [0.25, 0.3) is 10.9 Å². The number of thiazole rings is 1. The van der Waals surface area contributed by atoms with Crippen molar-refractivity contribution in [3.63, 3.8) is 0 Å². The molecule has 0 bridgehead atoms. The molecule has 3 aromatic rings. The molecule has 1 amide bonds. The van der Waals surface area contributed by atoms with Crippen LogP contribution in [0.5, 0.6) is 0 Å². The highest BCUT2D eigenvalue weighted by atomic mass is 32.1. The van der Waals surface area contributed by atoms with Crippen LogP contribution < -0.4 is 5.32 Å². The number of hydrogen-bond acceptors (Lipinski definition) is 5. The third-order valence-corrected chi connectivity index (χ3v) is 5.88. The maximum Gasteiger partial charge on any atom is 0.412 e. The summed E-state index contributed by atoms with van der Waals surface area (Å²) in [6, 6.07) is 5.90. The number of carbonyl (C=O) groups is 1. The molecule has 0 radical (unpaired) electrons. The van der Waals surface area contributed by atoms with E-state index in [1.165, 1.54) is 11.3 Å². The number of hydrogen-bond donors (Lipinski definition) is 2. The quantitative estimate of drug-likeness (QED) is 0.606. The van der Waals surface area contributed by atoms with E-state index in [9.17, 15) is 4.79 Å². The minimum absolute atomic E-state index is 0.429. The Balaban J connectivity index is 1.46. The Bertz CT molecular complexity index is 967. The molecule has 29 heavy (non-hydrogen) atoms. The van der Waals surface area contributed by atoms with Crippen molar-refractivity contribution in [2.75, 3.05) is 18.4 Å². The Morgan fingerprint density at radius 2 is 2.14 bits per heavy atom. The number of aromatic amines is 1. The van der Waals surface area contributed by atoms with Gasteiger partial charge in [0.1, 0.15) is 5.60 Å². The molecule has 2 aromatic heterocycles. The van der Waals surface area contributed by atoms with Crippen LogP contribution in [0.2, 0.25) is 0 Å². The van der Waals surface area contributed by atoms with E-state index in [4.69, 9.17) is 4.74 Å². The van der Waals surface area contributed by atoms with Gasteiger partial charge in [-0.2, -0.15) is 0 Å². The Morgan fingerprint density at radius 3 is 2.83 bits per heavy atom. The van der Waals surface area contributed by atoms with Crippen molar-refractivity contribution >= 4 is 34.0 Å². The normalized spacial score (nSPS) is 16.2. The van der Waals surface area contributed by atoms with Gasteiger partial charge in [-0.3, -0.25) is 10.2 Å². The fourth-order valence-corrected chi connectivity index (χ4v) is 4.59. The molecule has 4 rings (SSSR count). The van der Waals surface area contributed by atoms with Crippen molar-refractivity contribution in [2.24, 2.45) is 0 Å². The minimum Gasteiger partial charge on any atom is -0.444 e. The summed E-state index contributed by atoms with van der Waals surface area (Å²) in [5, 5.41) is 6.15. The number of nitrogens with zero attached hydrogens (tertiary/aromatic N) is 2. The minimum atomic E-state index is -0.527. The number of likely N-dealkylation sites (tertiary alicyclic amines) is 1. The van der Waals surface area contributed by atoms with Crippen LogP contribution in [0.15, 0.2) is 35.3 Å². The molecule has 7 heteroatoms. The van der Waals surface area contributed by atoms with Gasteiger partial charge in [0.05, 0.1) is 16.9 Å². The first kappa shape index (κ1) is 19.9. The van der Waals surface area contributed by atoms with E-state index in [1.54, 1.807) is 11.3 Å². The number of H-pyrrole nitrogens is 1. The number of ether oxygens (including phenoxy) is 1. The van der Waals surface area contributed by atoms with Gasteiger partial charge in [-0.1, -0.05) is 6.07 Å². The van der Waals surface area contributed by atoms with Crippen molar-refractivity contribution < 1.29 is 9.53 Å². The van der Waals surface area contributed by atoms with Crippen LogP contribution in [-0.4, -0.2) is 39.7 Å². The topological polar surface area (TPSA) is 70.2 Å². The average molecular weight is 413 g/mol. The lowest BCUT2D eigenvalue weighted by Crippen LogP contribution is -2.32. The first-order valence-electron chi connectivity index (χ1n) is 10.1. The van der Waals surface area contributed by atoms with Crippen LogP contribution in [0, 0.1) is 0 Å². The van der Waals surface area contributed by atoms with Gasteiger partial charge in [0.15, 0.2) is 0 Å². The van der Waals surface area contributed by atoms with E-state index in [1.807, 2.05) is 44.5 Å². The summed E-state index contributed by atoms with van der Waals surface area (Å²) >= 11 is 1.68. The predicted octanol–water partition coefficient (Wildman–Crippen LogP) is 5.35. The summed E-state index contributed by atoms with van der Waals surface area (Å²) in [6.45, 7) is 8.56. The third-order valence-electron chi connectivity index (χ3n) is 5.27. The number of carbonyl (C=O) groups excluding carboxylic acids is 1. The molecule has 0 unspecified atom stereocenters. The lowest BCUT2D eigenvalue weighted by Gasteiger charge is -2.31. The fourth-order valence-electron chi connectivity index (χ4n) is 3.95. The summed E-state index contributed by atoms with van der Waals surface area (Å²) in [5.74, 6) is 0.574. The molecule has 0 spiro atoms. The van der Waals surface area contributed by atoms with Gasteiger partial charge < -0.3 is 9.72 Å². The Morgan fingerprint density at radius 1 is 1.34 bits per heavy atom. The van der Waals surface area contributed by atoms with Crippen LogP contribution in [0.3, 0.4) is 0 Å². The SMILES string of the molecule is CC(C)(C)OC(=O)Nc1cccc2[nH]cc(CN3CCC(c4cscn4)CC3)c12. The molecule has 2 N–H and O–H groups in total. The molecule has 0 saturated carbocycles. The zero-order chi connectivity index (χ0) is 20.4. The van der Waals surface area contributed by atoms with Gasteiger partial charge in [0, 0.05) is 34.9 Å². The summed E-state index contributed by atoms with van der Waals surface area (Å²) in [4.78, 5) is 22.6. The van der Waals surface area contributed by atoms with E-state index < -0.39 is 11.7 Å². The standard InChI is InChI=1S/C22H28N4O2S/c1-22(2,3)28-21(27)25-18-6-4-5-17-20(18)16(11-23-17)12-26-9-7-15(8-10-26)19-13-29-14-24-19/h4-6,11,13-15,23H,7-10,12H2,1-3H3,(H,25,27). The van der Waals surface area contributed by atoms with Crippen molar-refractivity contribution in [3.05, 3.63) is 46.5 Å². The smallest absolute Gasteiger partial charge is 0.412 e. The number of rotatable bonds is 4. The Kier molecular flexibility index (Phi) is 5.61. The summed E-state index contributed by atoms with van der Waals surface area (Å²) < 4.78 is 5.43. The zero-order valence-electron chi connectivity index (χ0n) is 17.2. The van der Waals surface area contributed by atoms with E-state index in [2.05, 4.69) is 31.8 Å². The van der Waals surface area contributed by atoms with Crippen LogP contribution in [-0.2, 0) is 11.3 Å². The number of fused-ring (bicyclic) bond motifs is 1. The van der Waals surface area contributed by atoms with Crippen LogP contribution in [0.4, 0.5) is 10.5 Å². The first-order valence-corrected chi connectivity index (χ1v) is 11.0. The largest absolute Gasteiger partial charge is 0.444 e. The van der Waals surface area contributed by atoms with Crippen LogP contribution >= 0.6 is 11.3 Å². The monoisotopic (exact) mass is 412 g/mol. The second-order valence-corrected chi connectivity index (χ2v) is 9.35. The van der Waals surface area contributed by atoms with E-state index in [-0.39, 0.29) is 0 Å². The highest BCUT2D eigenvalue weighted by molar-refractivity contribution is 7.07. The van der Waals surface area contributed by atoms with Crippen molar-refractivity contribution in [3.8, 4) is 0 Å². The number of anilines is 1. The lowest BCUT2D eigenvalue weighted by molar-refractivity contribution is 0.0636. The Hall–Kier alpha value is -2.38. The number of piperidine rings is 1. The molecule has 0 atom stereocenters. The van der Waals surface area contributed by atoms with Gasteiger partial charge in [0.2, 0.25) is 0 Å². The molecular weight excluding hydrogens is 384 g/mol. The predicted molar refractivity (Wildman–Crippen MR) is 118 cm³/mol. The lowest BCUT2D eigenvalue weighted by atomic mass is 9.94. The molecule has 1 aliphatic rings. The van der Waals surface area contributed by atoms with Crippen molar-refractivity contribution in [2.45, 2.75) is 51.7 Å². The van der Waals surface area contributed by atoms with E-state index in [0.29, 0.717) is 5.92 Å². The third kappa shape index (κ3) is 4.79. The molecule has 6 nitrogen and oxygen atoms in total. The maximum absolute atomic E-state index is 12.3. The molecule has 1 aliphatic heterocycles. The highest BCUT2D eigenvalue weighted by Crippen LogP contribution is 2.31. The number of nitrogens with one attached hydrogen (secondary N) is 2. The van der Waals surface area contributed by atoms with Gasteiger partial charge in [0.25, 0.3) is 0 Å². The van der Waals surface area contributed by atoms with E-state index in [0.717, 1.165) is 49.1 Å². The number of aromatic nitrogens is 2. The average Bonchev–Trinajstić information content (AvgIpc) is 3.32. The molecular formula is C22H28N4O2S. The molecule has 3 heterocycles. The maximum atomic E-state index is 12.3. The van der Waals surface area contributed by atoms with Crippen LogP contribution in [0.1, 0.15) is 50.8 Å². The second-order valence-electron chi connectivity index (χ2n) is 8.63. The van der Waals surface area contributed by atoms with Crippen molar-refractivity contribution in [1.29, 1.82) is 0 Å². The summed E-state index contributed by atoms with van der Waals surface area (Å²) in [6.07, 6.45) is 3.89. The van der Waals surface area contributed by atoms with Gasteiger partial charge in [-0.25, -0.2) is 9.78 Å².